The lowest BCUT2D eigenvalue weighted by molar-refractivity contribution is 0.272. The van der Waals surface area contributed by atoms with Gasteiger partial charge in [0.2, 0.25) is 0 Å². The lowest BCUT2D eigenvalue weighted by Gasteiger charge is -2.19. The van der Waals surface area contributed by atoms with Crippen molar-refractivity contribution in [3.8, 4) is 0 Å². The van der Waals surface area contributed by atoms with Crippen molar-refractivity contribution in [1.82, 2.24) is 14.3 Å². The topological polar surface area (TPSA) is 46.6 Å². The van der Waals surface area contributed by atoms with Crippen molar-refractivity contribution in [2.75, 3.05) is 18.8 Å². The molecule has 4 heteroatoms. The highest BCUT2D eigenvalue weighted by Crippen LogP contribution is 2.28. The summed E-state index contributed by atoms with van der Waals surface area (Å²) >= 11 is 0. The second kappa shape index (κ2) is 4.28. The highest BCUT2D eigenvalue weighted by molar-refractivity contribution is 5.48. The van der Waals surface area contributed by atoms with E-state index in [1.165, 1.54) is 18.7 Å². The molecule has 0 bridgehead atoms. The summed E-state index contributed by atoms with van der Waals surface area (Å²) in [5.41, 5.74) is 8.76. The number of hydrogen-bond acceptors (Lipinski definition) is 3. The maximum absolute atomic E-state index is 5.79. The van der Waals surface area contributed by atoms with Crippen LogP contribution in [0, 0.1) is 0 Å². The van der Waals surface area contributed by atoms with E-state index in [2.05, 4.69) is 24.9 Å². The normalized spacial score (nSPS) is 21.2. The van der Waals surface area contributed by atoms with Crippen LogP contribution in [0.25, 0.3) is 5.65 Å². The van der Waals surface area contributed by atoms with Gasteiger partial charge in [-0.3, -0.25) is 0 Å². The van der Waals surface area contributed by atoms with Crippen LogP contribution in [0.2, 0.25) is 0 Å². The summed E-state index contributed by atoms with van der Waals surface area (Å²) in [7, 11) is 0. The molecule has 1 fully saturated rings. The Hall–Kier alpha value is -1.55. The summed E-state index contributed by atoms with van der Waals surface area (Å²) in [6, 6.07) is 4.51. The largest absolute Gasteiger partial charge is 0.398 e. The average Bonchev–Trinajstić information content (AvgIpc) is 2.93. The van der Waals surface area contributed by atoms with Crippen LogP contribution in [0.4, 0.5) is 5.69 Å². The van der Waals surface area contributed by atoms with Gasteiger partial charge in [-0.1, -0.05) is 0 Å². The van der Waals surface area contributed by atoms with E-state index < -0.39 is 0 Å². The SMILES string of the molecule is CC(C)N1CCC(c2cn3cc(N)ccc3n2)C1. The molecule has 4 nitrogen and oxygen atoms in total. The molecule has 0 amide bonds. The molecule has 1 unspecified atom stereocenters. The van der Waals surface area contributed by atoms with Crippen molar-refractivity contribution in [3.05, 3.63) is 30.2 Å². The van der Waals surface area contributed by atoms with E-state index in [1.54, 1.807) is 0 Å². The number of aromatic nitrogens is 2. The minimum atomic E-state index is 0.563. The van der Waals surface area contributed by atoms with Gasteiger partial charge in [-0.05, 0) is 38.9 Å². The van der Waals surface area contributed by atoms with E-state index in [1.807, 2.05) is 22.7 Å². The molecule has 0 saturated carbocycles. The lowest BCUT2D eigenvalue weighted by atomic mass is 10.1. The van der Waals surface area contributed by atoms with E-state index in [0.29, 0.717) is 12.0 Å². The van der Waals surface area contributed by atoms with Crippen molar-refractivity contribution in [1.29, 1.82) is 0 Å². The number of nitrogens with two attached hydrogens (primary N) is 1. The number of anilines is 1. The van der Waals surface area contributed by atoms with Crippen LogP contribution in [0.5, 0.6) is 0 Å². The zero-order chi connectivity index (χ0) is 12.7. The highest BCUT2D eigenvalue weighted by Gasteiger charge is 2.27. The van der Waals surface area contributed by atoms with Gasteiger partial charge >= 0.3 is 0 Å². The first-order valence-electron chi connectivity index (χ1n) is 6.61. The van der Waals surface area contributed by atoms with Gasteiger partial charge < -0.3 is 15.0 Å². The maximum Gasteiger partial charge on any atom is 0.137 e. The van der Waals surface area contributed by atoms with E-state index in [9.17, 15) is 0 Å². The number of nitrogen functional groups attached to an aromatic ring is 1. The Labute approximate surface area is 107 Å². The summed E-state index contributed by atoms with van der Waals surface area (Å²) in [4.78, 5) is 7.23. The standard InChI is InChI=1S/C14H20N4/c1-10(2)17-6-5-11(7-17)13-9-18-8-12(15)3-4-14(18)16-13/h3-4,8-11H,5-7,15H2,1-2H3. The van der Waals surface area contributed by atoms with Gasteiger partial charge in [-0.25, -0.2) is 4.98 Å². The van der Waals surface area contributed by atoms with Gasteiger partial charge in [-0.15, -0.1) is 0 Å². The summed E-state index contributed by atoms with van der Waals surface area (Å²) in [5.74, 6) is 0.563. The number of pyridine rings is 1. The molecule has 0 spiro atoms. The molecule has 0 aliphatic carbocycles. The number of likely N-dealkylation sites (tertiary alicyclic amines) is 1. The van der Waals surface area contributed by atoms with Gasteiger partial charge in [0, 0.05) is 36.6 Å². The third-order valence-corrected chi connectivity index (χ3v) is 3.86. The van der Waals surface area contributed by atoms with E-state index in [-0.39, 0.29) is 0 Å². The summed E-state index contributed by atoms with van der Waals surface area (Å²) in [6.07, 6.45) is 5.26. The van der Waals surface area contributed by atoms with Crippen LogP contribution in [-0.2, 0) is 0 Å². The van der Waals surface area contributed by atoms with Crippen molar-refractivity contribution in [3.63, 3.8) is 0 Å². The minimum Gasteiger partial charge on any atom is -0.398 e. The number of hydrogen-bond donors (Lipinski definition) is 1. The number of rotatable bonds is 2. The Morgan fingerprint density at radius 1 is 1.33 bits per heavy atom. The van der Waals surface area contributed by atoms with Crippen molar-refractivity contribution < 1.29 is 0 Å². The predicted octanol–water partition coefficient (Wildman–Crippen LogP) is 2.11. The highest BCUT2D eigenvalue weighted by atomic mass is 15.2. The molecule has 2 aromatic heterocycles. The van der Waals surface area contributed by atoms with Crippen molar-refractivity contribution in [2.45, 2.75) is 32.2 Å². The zero-order valence-electron chi connectivity index (χ0n) is 11.0. The van der Waals surface area contributed by atoms with Gasteiger partial charge in [0.25, 0.3) is 0 Å². The quantitative estimate of drug-likeness (QED) is 0.880. The van der Waals surface area contributed by atoms with Crippen LogP contribution >= 0.6 is 0 Å². The minimum absolute atomic E-state index is 0.563. The Kier molecular flexibility index (Phi) is 2.74. The Morgan fingerprint density at radius 3 is 2.89 bits per heavy atom. The van der Waals surface area contributed by atoms with Crippen LogP contribution in [0.3, 0.4) is 0 Å². The second-order valence-electron chi connectivity index (χ2n) is 5.47. The summed E-state index contributed by atoms with van der Waals surface area (Å²) < 4.78 is 2.03. The van der Waals surface area contributed by atoms with E-state index >= 15 is 0 Å². The Bertz CT molecular complexity index is 558. The second-order valence-corrected chi connectivity index (χ2v) is 5.47. The lowest BCUT2D eigenvalue weighted by Crippen LogP contribution is -2.27. The molecule has 2 aromatic rings. The number of nitrogens with zero attached hydrogens (tertiary/aromatic N) is 3. The fourth-order valence-corrected chi connectivity index (χ4v) is 2.72. The molecular weight excluding hydrogens is 224 g/mol. The van der Waals surface area contributed by atoms with Gasteiger partial charge in [0.1, 0.15) is 5.65 Å². The number of imidazole rings is 1. The first kappa shape index (κ1) is 11.5. The fraction of sp³-hybridized carbons (Fsp3) is 0.500. The third kappa shape index (κ3) is 1.97. The molecule has 3 rings (SSSR count). The molecule has 1 atom stereocenters. The van der Waals surface area contributed by atoms with Crippen LogP contribution < -0.4 is 5.73 Å². The third-order valence-electron chi connectivity index (χ3n) is 3.86. The molecule has 18 heavy (non-hydrogen) atoms. The smallest absolute Gasteiger partial charge is 0.137 e. The molecule has 1 aliphatic heterocycles. The van der Waals surface area contributed by atoms with Crippen LogP contribution in [0.1, 0.15) is 31.9 Å². The first-order chi connectivity index (χ1) is 8.63. The predicted molar refractivity (Wildman–Crippen MR) is 73.7 cm³/mol. The molecule has 3 heterocycles. The molecule has 0 aromatic carbocycles. The molecule has 1 aliphatic rings. The zero-order valence-corrected chi connectivity index (χ0v) is 11.0. The monoisotopic (exact) mass is 244 g/mol. The molecule has 0 radical (unpaired) electrons. The van der Waals surface area contributed by atoms with Gasteiger partial charge in [0.15, 0.2) is 0 Å². The Balaban J connectivity index is 1.87. The first-order valence-corrected chi connectivity index (χ1v) is 6.61. The molecule has 2 N–H and O–H groups in total. The van der Waals surface area contributed by atoms with Gasteiger partial charge in [0.05, 0.1) is 5.69 Å². The van der Waals surface area contributed by atoms with Crippen molar-refractivity contribution in [2.24, 2.45) is 0 Å². The van der Waals surface area contributed by atoms with Gasteiger partial charge in [-0.2, -0.15) is 0 Å². The summed E-state index contributed by atoms with van der Waals surface area (Å²) in [5, 5.41) is 0. The van der Waals surface area contributed by atoms with Crippen molar-refractivity contribution >= 4 is 11.3 Å². The fourth-order valence-electron chi connectivity index (χ4n) is 2.72. The summed E-state index contributed by atoms with van der Waals surface area (Å²) in [6.45, 7) is 6.81. The Morgan fingerprint density at radius 2 is 2.17 bits per heavy atom. The van der Waals surface area contributed by atoms with Crippen LogP contribution in [0.15, 0.2) is 24.5 Å². The maximum atomic E-state index is 5.79. The number of fused-ring (bicyclic) bond motifs is 1. The van der Waals surface area contributed by atoms with E-state index in [0.717, 1.165) is 17.9 Å². The van der Waals surface area contributed by atoms with Crippen LogP contribution in [-0.4, -0.2) is 33.4 Å². The van der Waals surface area contributed by atoms with E-state index in [4.69, 9.17) is 10.7 Å². The average molecular weight is 244 g/mol. The molecule has 96 valence electrons. The molecular formula is C14H20N4. The molecule has 1 saturated heterocycles.